The summed E-state index contributed by atoms with van der Waals surface area (Å²) in [6.45, 7) is 2.06. The van der Waals surface area contributed by atoms with Gasteiger partial charge in [0.15, 0.2) is 0 Å². The molecule has 0 aliphatic heterocycles. The highest BCUT2D eigenvalue weighted by Gasteiger charge is 2.15. The smallest absolute Gasteiger partial charge is 0.241 e. The molecule has 2 aromatic heterocycles. The van der Waals surface area contributed by atoms with E-state index in [9.17, 15) is 8.42 Å². The molecule has 96 valence electrons. The van der Waals surface area contributed by atoms with E-state index >= 15 is 0 Å². The Morgan fingerprint density at radius 2 is 2.22 bits per heavy atom. The molecule has 0 bridgehead atoms. The van der Waals surface area contributed by atoms with Crippen LogP contribution in [0.2, 0.25) is 0 Å². The highest BCUT2D eigenvalue weighted by molar-refractivity contribution is 7.89. The molecule has 3 N–H and O–H groups in total. The second-order valence-corrected chi connectivity index (χ2v) is 6.31. The van der Waals surface area contributed by atoms with Crippen molar-refractivity contribution in [2.75, 3.05) is 5.73 Å². The van der Waals surface area contributed by atoms with Gasteiger partial charge in [0.2, 0.25) is 10.0 Å². The Morgan fingerprint density at radius 1 is 1.44 bits per heavy atom. The molecule has 2 aromatic rings. The summed E-state index contributed by atoms with van der Waals surface area (Å²) in [4.78, 5) is 8.81. The van der Waals surface area contributed by atoms with E-state index in [1.54, 1.807) is 5.51 Å². The van der Waals surface area contributed by atoms with Crippen LogP contribution in [-0.4, -0.2) is 18.4 Å². The number of pyridine rings is 1. The zero-order valence-corrected chi connectivity index (χ0v) is 11.3. The number of aromatic nitrogens is 2. The minimum absolute atomic E-state index is 0.108. The van der Waals surface area contributed by atoms with E-state index in [1.165, 1.54) is 29.7 Å². The number of rotatable bonds is 4. The van der Waals surface area contributed by atoms with Crippen molar-refractivity contribution in [2.45, 2.75) is 18.4 Å². The third kappa shape index (κ3) is 2.84. The number of thiazole rings is 1. The number of nitrogens with two attached hydrogens (primary N) is 1. The number of nitrogen functional groups attached to an aromatic ring is 1. The molecule has 0 unspecified atom stereocenters. The molecule has 0 saturated heterocycles. The van der Waals surface area contributed by atoms with Crippen molar-refractivity contribution in [3.05, 3.63) is 34.4 Å². The van der Waals surface area contributed by atoms with E-state index < -0.39 is 10.0 Å². The Hall–Kier alpha value is -1.51. The lowest BCUT2D eigenvalue weighted by Gasteiger charge is -2.06. The number of nitrogens with one attached hydrogen (secondary N) is 1. The van der Waals surface area contributed by atoms with Gasteiger partial charge in [0.25, 0.3) is 0 Å². The standard InChI is InChI=1S/C10H12N4O2S2/c1-7-9(17-6-13-7)5-14-18(15,16)8-2-3-12-10(11)4-8/h2-4,6,14H,5H2,1H3,(H2,11,12). The molecular formula is C10H12N4O2S2. The van der Waals surface area contributed by atoms with Crippen LogP contribution in [0, 0.1) is 6.92 Å². The van der Waals surface area contributed by atoms with Gasteiger partial charge >= 0.3 is 0 Å². The maximum Gasteiger partial charge on any atom is 0.241 e. The molecule has 0 aromatic carbocycles. The fourth-order valence-electron chi connectivity index (χ4n) is 1.33. The van der Waals surface area contributed by atoms with Gasteiger partial charge in [-0.05, 0) is 13.0 Å². The third-order valence-corrected chi connectivity index (χ3v) is 4.66. The van der Waals surface area contributed by atoms with Crippen LogP contribution in [0.5, 0.6) is 0 Å². The molecule has 6 nitrogen and oxygen atoms in total. The summed E-state index contributed by atoms with van der Waals surface area (Å²) in [6.07, 6.45) is 1.36. The normalized spacial score (nSPS) is 11.6. The van der Waals surface area contributed by atoms with Crippen molar-refractivity contribution in [2.24, 2.45) is 0 Å². The highest BCUT2D eigenvalue weighted by Crippen LogP contribution is 2.14. The topological polar surface area (TPSA) is 98.0 Å². The van der Waals surface area contributed by atoms with Crippen LogP contribution in [-0.2, 0) is 16.6 Å². The Balaban J connectivity index is 2.16. The summed E-state index contributed by atoms with van der Waals surface area (Å²) in [6, 6.07) is 2.72. The Kier molecular flexibility index (Phi) is 3.60. The average Bonchev–Trinajstić information content (AvgIpc) is 2.72. The van der Waals surface area contributed by atoms with Crippen molar-refractivity contribution < 1.29 is 8.42 Å². The molecule has 0 aliphatic rings. The van der Waals surface area contributed by atoms with E-state index in [-0.39, 0.29) is 17.3 Å². The number of hydrogen-bond acceptors (Lipinski definition) is 6. The number of anilines is 1. The van der Waals surface area contributed by atoms with Crippen LogP contribution in [0.1, 0.15) is 10.6 Å². The molecule has 0 atom stereocenters. The second kappa shape index (κ2) is 5.01. The van der Waals surface area contributed by atoms with E-state index in [1.807, 2.05) is 6.92 Å². The Bertz CT molecular complexity index is 651. The van der Waals surface area contributed by atoms with Crippen molar-refractivity contribution in [3.8, 4) is 0 Å². The van der Waals surface area contributed by atoms with E-state index in [2.05, 4.69) is 14.7 Å². The maximum atomic E-state index is 12.0. The van der Waals surface area contributed by atoms with E-state index in [0.29, 0.717) is 0 Å². The monoisotopic (exact) mass is 284 g/mol. The molecular weight excluding hydrogens is 272 g/mol. The van der Waals surface area contributed by atoms with Gasteiger partial charge in [0, 0.05) is 23.7 Å². The van der Waals surface area contributed by atoms with Gasteiger partial charge in [-0.1, -0.05) is 0 Å². The van der Waals surface area contributed by atoms with Crippen LogP contribution in [0.15, 0.2) is 28.7 Å². The van der Waals surface area contributed by atoms with Crippen LogP contribution < -0.4 is 10.5 Å². The molecule has 2 rings (SSSR count). The molecule has 18 heavy (non-hydrogen) atoms. The molecule has 0 spiro atoms. The Labute approximate surface area is 109 Å². The van der Waals surface area contributed by atoms with Gasteiger partial charge < -0.3 is 5.73 Å². The van der Waals surface area contributed by atoms with Gasteiger partial charge in [-0.2, -0.15) is 0 Å². The first-order chi connectivity index (χ1) is 8.49. The van der Waals surface area contributed by atoms with Gasteiger partial charge in [-0.3, -0.25) is 0 Å². The molecule has 0 amide bonds. The number of aryl methyl sites for hydroxylation is 1. The first-order valence-electron chi connectivity index (χ1n) is 5.09. The minimum atomic E-state index is -3.57. The largest absolute Gasteiger partial charge is 0.384 e. The summed E-state index contributed by atoms with van der Waals surface area (Å²) in [5, 5.41) is 0. The first-order valence-corrected chi connectivity index (χ1v) is 7.45. The molecule has 0 aliphatic carbocycles. The van der Waals surface area contributed by atoms with Crippen molar-refractivity contribution in [3.63, 3.8) is 0 Å². The molecule has 0 saturated carbocycles. The average molecular weight is 284 g/mol. The number of hydrogen-bond donors (Lipinski definition) is 2. The zero-order chi connectivity index (χ0) is 13.2. The summed E-state index contributed by atoms with van der Waals surface area (Å²) >= 11 is 1.41. The predicted molar refractivity (Wildman–Crippen MR) is 69.5 cm³/mol. The summed E-state index contributed by atoms with van der Waals surface area (Å²) in [7, 11) is -3.57. The lowest BCUT2D eigenvalue weighted by Crippen LogP contribution is -2.23. The minimum Gasteiger partial charge on any atom is -0.384 e. The lowest BCUT2D eigenvalue weighted by molar-refractivity contribution is 0.581. The molecule has 0 fully saturated rings. The first kappa shape index (κ1) is 12.9. The van der Waals surface area contributed by atoms with E-state index in [0.717, 1.165) is 10.6 Å². The number of sulfonamides is 1. The summed E-state index contributed by atoms with van der Waals surface area (Å²) in [5.41, 5.74) is 7.97. The molecule has 8 heteroatoms. The van der Waals surface area contributed by atoms with Crippen LogP contribution in [0.3, 0.4) is 0 Å². The van der Waals surface area contributed by atoms with Gasteiger partial charge in [0.05, 0.1) is 16.1 Å². The summed E-state index contributed by atoms with van der Waals surface area (Å²) < 4.78 is 26.5. The fraction of sp³-hybridized carbons (Fsp3) is 0.200. The van der Waals surface area contributed by atoms with Crippen molar-refractivity contribution in [1.29, 1.82) is 0 Å². The van der Waals surface area contributed by atoms with Gasteiger partial charge in [0.1, 0.15) is 5.82 Å². The number of nitrogens with zero attached hydrogens (tertiary/aromatic N) is 2. The van der Waals surface area contributed by atoms with E-state index in [4.69, 9.17) is 5.73 Å². The molecule has 0 radical (unpaired) electrons. The van der Waals surface area contributed by atoms with Crippen molar-refractivity contribution >= 4 is 27.2 Å². The zero-order valence-electron chi connectivity index (χ0n) is 9.62. The van der Waals surface area contributed by atoms with Crippen LogP contribution >= 0.6 is 11.3 Å². The van der Waals surface area contributed by atoms with Crippen LogP contribution in [0.4, 0.5) is 5.82 Å². The van der Waals surface area contributed by atoms with Crippen LogP contribution in [0.25, 0.3) is 0 Å². The maximum absolute atomic E-state index is 12.0. The quantitative estimate of drug-likeness (QED) is 0.869. The summed E-state index contributed by atoms with van der Waals surface area (Å²) in [5.74, 6) is 0.173. The third-order valence-electron chi connectivity index (χ3n) is 2.33. The van der Waals surface area contributed by atoms with Gasteiger partial charge in [-0.15, -0.1) is 11.3 Å². The fourth-order valence-corrected chi connectivity index (χ4v) is 3.16. The Morgan fingerprint density at radius 3 is 2.83 bits per heavy atom. The predicted octanol–water partition coefficient (Wildman–Crippen LogP) is 0.907. The SMILES string of the molecule is Cc1ncsc1CNS(=O)(=O)c1ccnc(N)c1. The highest BCUT2D eigenvalue weighted by atomic mass is 32.2. The van der Waals surface area contributed by atoms with Gasteiger partial charge in [-0.25, -0.2) is 23.1 Å². The van der Waals surface area contributed by atoms with Crippen molar-refractivity contribution in [1.82, 2.24) is 14.7 Å². The molecule has 2 heterocycles. The second-order valence-electron chi connectivity index (χ2n) is 3.60. The lowest BCUT2D eigenvalue weighted by atomic mass is 10.4.